The number of aliphatic hydroxyl groups excluding tert-OH is 1. The van der Waals surface area contributed by atoms with E-state index in [9.17, 15) is 5.11 Å². The molecule has 1 aliphatic rings. The Morgan fingerprint density at radius 2 is 1.46 bits per heavy atom. The lowest BCUT2D eigenvalue weighted by molar-refractivity contribution is -0.221. The van der Waals surface area contributed by atoms with Crippen molar-refractivity contribution in [3.05, 3.63) is 130 Å². The zero-order valence-corrected chi connectivity index (χ0v) is 30.4. The van der Waals surface area contributed by atoms with Crippen LogP contribution in [-0.4, -0.2) is 55.0 Å². The molecular formula is C42H53ClO7. The van der Waals surface area contributed by atoms with Crippen LogP contribution < -0.4 is 4.74 Å². The molecule has 5 rings (SSSR count). The Hall–Kier alpha value is -3.43. The van der Waals surface area contributed by atoms with Crippen molar-refractivity contribution in [2.75, 3.05) is 26.4 Å². The molecule has 4 atom stereocenters. The van der Waals surface area contributed by atoms with E-state index in [2.05, 4.69) is 0 Å². The van der Waals surface area contributed by atoms with Crippen molar-refractivity contribution in [3.63, 3.8) is 0 Å². The average Bonchev–Trinajstić information content (AvgIpc) is 3.15. The minimum absolute atomic E-state index is 0.0783. The molecule has 1 fully saturated rings. The van der Waals surface area contributed by atoms with Gasteiger partial charge in [-0.3, -0.25) is 0 Å². The molecule has 0 bridgehead atoms. The molecule has 0 spiro atoms. The van der Waals surface area contributed by atoms with Gasteiger partial charge in [0.2, 0.25) is 0 Å². The van der Waals surface area contributed by atoms with Crippen LogP contribution in [0.4, 0.5) is 0 Å². The highest BCUT2D eigenvalue weighted by atomic mass is 35.5. The minimum atomic E-state index is -0.485. The number of halogens is 1. The van der Waals surface area contributed by atoms with E-state index >= 15 is 0 Å². The summed E-state index contributed by atoms with van der Waals surface area (Å²) in [4.78, 5) is 0. The van der Waals surface area contributed by atoms with E-state index in [-0.39, 0.29) is 18.5 Å². The fourth-order valence-electron chi connectivity index (χ4n) is 5.99. The standard InChI is InChI=1S/C40H47ClO7.C2H6/c1-2-45-33-18-16-29(17-19-33)22-32-23-34(36(43)24-35(32)41)37-25-38(46-26-30-12-6-3-7-13-30)40(47-27-31-14-8-4-9-15-31)39(48-37)28-44-21-11-5-10-20-42;1-2/h3-4,6-9,12-19,23-24,37-40,42-43H,2,5,10-11,20-22,25-28H2,1H3;1-2H3/t37?,38?,39?,40-;/m0./s1. The van der Waals surface area contributed by atoms with Crippen molar-refractivity contribution < 1.29 is 33.9 Å². The molecule has 270 valence electrons. The summed E-state index contributed by atoms with van der Waals surface area (Å²) in [7, 11) is 0. The first kappa shape index (κ1) is 39.4. The molecule has 1 aliphatic heterocycles. The molecule has 0 aliphatic carbocycles. The van der Waals surface area contributed by atoms with Crippen molar-refractivity contribution >= 4 is 11.6 Å². The number of phenols is 1. The van der Waals surface area contributed by atoms with Gasteiger partial charge in [-0.2, -0.15) is 0 Å². The summed E-state index contributed by atoms with van der Waals surface area (Å²) in [6, 6.07) is 31.7. The van der Waals surface area contributed by atoms with E-state index in [1.54, 1.807) is 6.07 Å². The maximum absolute atomic E-state index is 11.2. The van der Waals surface area contributed by atoms with E-state index in [0.717, 1.165) is 47.3 Å². The van der Waals surface area contributed by atoms with Crippen LogP contribution in [0.3, 0.4) is 0 Å². The second-order valence-electron chi connectivity index (χ2n) is 12.1. The first-order valence-corrected chi connectivity index (χ1v) is 18.3. The molecule has 0 saturated carbocycles. The van der Waals surface area contributed by atoms with Gasteiger partial charge in [-0.1, -0.05) is 98.2 Å². The SMILES string of the molecule is CC.CCOc1ccc(Cc2cc(C3CC(OCc4ccccc4)[C@H](OCc4ccccc4)C(COCCCCCO)O3)c(O)cc2Cl)cc1. The third-order valence-electron chi connectivity index (χ3n) is 8.51. The molecular weight excluding hydrogens is 652 g/mol. The van der Waals surface area contributed by atoms with Crippen LogP contribution in [0.1, 0.15) is 80.4 Å². The average molecular weight is 705 g/mol. The Bertz CT molecular complexity index is 1500. The second kappa shape index (κ2) is 21.7. The number of benzene rings is 4. The van der Waals surface area contributed by atoms with Gasteiger partial charge in [0.05, 0.1) is 38.6 Å². The highest BCUT2D eigenvalue weighted by Gasteiger charge is 2.42. The van der Waals surface area contributed by atoms with Gasteiger partial charge >= 0.3 is 0 Å². The van der Waals surface area contributed by atoms with Crippen molar-refractivity contribution in [2.24, 2.45) is 0 Å². The number of phenolic OH excluding ortho intramolecular Hbond substituents is 1. The number of ether oxygens (including phenoxy) is 5. The number of hydrogen-bond donors (Lipinski definition) is 2. The van der Waals surface area contributed by atoms with Gasteiger partial charge in [-0.25, -0.2) is 0 Å². The molecule has 7 nitrogen and oxygen atoms in total. The molecule has 0 radical (unpaired) electrons. The quantitative estimate of drug-likeness (QED) is 0.0999. The lowest BCUT2D eigenvalue weighted by atomic mass is 9.91. The van der Waals surface area contributed by atoms with E-state index < -0.39 is 18.3 Å². The van der Waals surface area contributed by atoms with Crippen LogP contribution in [-0.2, 0) is 38.6 Å². The van der Waals surface area contributed by atoms with Gasteiger partial charge < -0.3 is 33.9 Å². The maximum atomic E-state index is 11.2. The highest BCUT2D eigenvalue weighted by molar-refractivity contribution is 6.31. The van der Waals surface area contributed by atoms with E-state index in [1.165, 1.54) is 0 Å². The predicted molar refractivity (Wildman–Crippen MR) is 199 cm³/mol. The van der Waals surface area contributed by atoms with Crippen molar-refractivity contribution in [3.8, 4) is 11.5 Å². The molecule has 0 aromatic heterocycles. The number of rotatable bonds is 18. The first-order valence-electron chi connectivity index (χ1n) is 17.9. The fourth-order valence-corrected chi connectivity index (χ4v) is 6.21. The normalized spacial score (nSPS) is 18.7. The third-order valence-corrected chi connectivity index (χ3v) is 8.86. The Labute approximate surface area is 303 Å². The number of unbranched alkanes of at least 4 members (excludes halogenated alkanes) is 2. The maximum Gasteiger partial charge on any atom is 0.122 e. The van der Waals surface area contributed by atoms with Crippen LogP contribution in [0.25, 0.3) is 0 Å². The molecule has 0 amide bonds. The Morgan fingerprint density at radius 3 is 2.10 bits per heavy atom. The summed E-state index contributed by atoms with van der Waals surface area (Å²) in [6.07, 6.45) is 1.82. The van der Waals surface area contributed by atoms with Crippen LogP contribution >= 0.6 is 11.6 Å². The van der Waals surface area contributed by atoms with E-state index in [1.807, 2.05) is 112 Å². The Morgan fingerprint density at radius 1 is 0.800 bits per heavy atom. The Kier molecular flexibility index (Phi) is 17.1. The van der Waals surface area contributed by atoms with Gasteiger partial charge in [-0.05, 0) is 79.1 Å². The van der Waals surface area contributed by atoms with Crippen molar-refractivity contribution in [2.45, 2.75) is 90.5 Å². The van der Waals surface area contributed by atoms with Crippen LogP contribution in [0, 0.1) is 0 Å². The monoisotopic (exact) mass is 704 g/mol. The largest absolute Gasteiger partial charge is 0.508 e. The lowest BCUT2D eigenvalue weighted by Gasteiger charge is -2.42. The van der Waals surface area contributed by atoms with Gasteiger partial charge in [-0.15, -0.1) is 0 Å². The van der Waals surface area contributed by atoms with Gasteiger partial charge in [0.1, 0.15) is 23.7 Å². The molecule has 3 unspecified atom stereocenters. The summed E-state index contributed by atoms with van der Waals surface area (Å²) in [6.45, 7) is 8.40. The summed E-state index contributed by atoms with van der Waals surface area (Å²) >= 11 is 6.68. The number of hydrogen-bond acceptors (Lipinski definition) is 7. The molecule has 4 aromatic rings. The molecule has 1 heterocycles. The highest BCUT2D eigenvalue weighted by Crippen LogP contribution is 2.41. The second-order valence-corrected chi connectivity index (χ2v) is 12.5. The first-order chi connectivity index (χ1) is 24.5. The predicted octanol–water partition coefficient (Wildman–Crippen LogP) is 9.24. The number of aromatic hydroxyl groups is 1. The van der Waals surface area contributed by atoms with E-state index in [0.29, 0.717) is 56.5 Å². The van der Waals surface area contributed by atoms with Crippen LogP contribution in [0.15, 0.2) is 97.1 Å². The lowest BCUT2D eigenvalue weighted by Crippen LogP contribution is -2.50. The topological polar surface area (TPSA) is 86.6 Å². The molecule has 2 N–H and O–H groups in total. The minimum Gasteiger partial charge on any atom is -0.508 e. The summed E-state index contributed by atoms with van der Waals surface area (Å²) in [5.41, 5.74) is 4.74. The summed E-state index contributed by atoms with van der Waals surface area (Å²) in [5.74, 6) is 0.899. The molecule has 50 heavy (non-hydrogen) atoms. The summed E-state index contributed by atoms with van der Waals surface area (Å²) in [5, 5.41) is 20.9. The smallest absolute Gasteiger partial charge is 0.122 e. The molecule has 4 aromatic carbocycles. The van der Waals surface area contributed by atoms with Gasteiger partial charge in [0.25, 0.3) is 0 Å². The van der Waals surface area contributed by atoms with Gasteiger partial charge in [0.15, 0.2) is 0 Å². The van der Waals surface area contributed by atoms with Crippen molar-refractivity contribution in [1.29, 1.82) is 0 Å². The third kappa shape index (κ3) is 12.1. The number of aliphatic hydroxyl groups is 1. The van der Waals surface area contributed by atoms with Gasteiger partial charge in [0, 0.05) is 30.2 Å². The van der Waals surface area contributed by atoms with Crippen molar-refractivity contribution in [1.82, 2.24) is 0 Å². The van der Waals surface area contributed by atoms with Crippen LogP contribution in [0.2, 0.25) is 5.02 Å². The van der Waals surface area contributed by atoms with E-state index in [4.69, 9.17) is 40.4 Å². The fraction of sp³-hybridized carbons (Fsp3) is 0.429. The zero-order valence-electron chi connectivity index (χ0n) is 29.6. The zero-order chi connectivity index (χ0) is 35.6. The Balaban J connectivity index is 0.00000276. The van der Waals surface area contributed by atoms with Crippen LogP contribution in [0.5, 0.6) is 11.5 Å². The molecule has 8 heteroatoms. The molecule has 1 saturated heterocycles. The summed E-state index contributed by atoms with van der Waals surface area (Å²) < 4.78 is 31.7.